The first-order valence-corrected chi connectivity index (χ1v) is 5.64. The molecule has 0 saturated carbocycles. The van der Waals surface area contributed by atoms with Gasteiger partial charge in [-0.25, -0.2) is 0 Å². The standard InChI is InChI=1S/C11H21N3O/c1-8(2)7-13-11(15)9(3)14-6-4-5-10(14)12/h8-9,12H,4-7H2,1-3H3,(H,13,15). The molecule has 0 aromatic rings. The molecule has 1 heterocycles. The molecule has 0 radical (unpaired) electrons. The van der Waals surface area contributed by atoms with E-state index in [2.05, 4.69) is 19.2 Å². The van der Waals surface area contributed by atoms with Gasteiger partial charge in [0, 0.05) is 19.5 Å². The molecule has 0 aromatic heterocycles. The van der Waals surface area contributed by atoms with E-state index in [4.69, 9.17) is 5.41 Å². The van der Waals surface area contributed by atoms with E-state index < -0.39 is 0 Å². The van der Waals surface area contributed by atoms with Gasteiger partial charge in [-0.05, 0) is 19.3 Å². The van der Waals surface area contributed by atoms with Crippen LogP contribution in [-0.2, 0) is 4.79 Å². The average molecular weight is 211 g/mol. The minimum absolute atomic E-state index is 0.0374. The maximum absolute atomic E-state index is 11.7. The van der Waals surface area contributed by atoms with Crippen molar-refractivity contribution in [1.82, 2.24) is 10.2 Å². The fourth-order valence-electron chi connectivity index (χ4n) is 1.72. The second-order valence-electron chi connectivity index (χ2n) is 4.56. The number of nitrogens with zero attached hydrogens (tertiary/aromatic N) is 1. The van der Waals surface area contributed by atoms with E-state index in [-0.39, 0.29) is 11.9 Å². The molecule has 4 nitrogen and oxygen atoms in total. The molecule has 1 amide bonds. The van der Waals surface area contributed by atoms with E-state index in [0.29, 0.717) is 18.3 Å². The summed E-state index contributed by atoms with van der Waals surface area (Å²) in [4.78, 5) is 13.6. The number of amides is 1. The molecular formula is C11H21N3O. The molecule has 15 heavy (non-hydrogen) atoms. The Morgan fingerprint density at radius 1 is 1.53 bits per heavy atom. The summed E-state index contributed by atoms with van der Waals surface area (Å²) in [6.07, 6.45) is 1.81. The molecule has 4 heteroatoms. The maximum Gasteiger partial charge on any atom is 0.242 e. The maximum atomic E-state index is 11.7. The van der Waals surface area contributed by atoms with Crippen LogP contribution in [0.4, 0.5) is 0 Å². The lowest BCUT2D eigenvalue weighted by Crippen LogP contribution is -2.46. The van der Waals surface area contributed by atoms with Gasteiger partial charge < -0.3 is 10.2 Å². The molecule has 0 aromatic carbocycles. The second-order valence-corrected chi connectivity index (χ2v) is 4.56. The van der Waals surface area contributed by atoms with Crippen LogP contribution in [0, 0.1) is 11.3 Å². The van der Waals surface area contributed by atoms with E-state index in [9.17, 15) is 4.79 Å². The summed E-state index contributed by atoms with van der Waals surface area (Å²) in [7, 11) is 0. The molecular weight excluding hydrogens is 190 g/mol. The summed E-state index contributed by atoms with van der Waals surface area (Å²) < 4.78 is 0. The minimum Gasteiger partial charge on any atom is -0.354 e. The third-order valence-corrected chi connectivity index (χ3v) is 2.69. The van der Waals surface area contributed by atoms with Crippen LogP contribution in [0.1, 0.15) is 33.6 Å². The molecule has 0 aliphatic carbocycles. The molecule has 0 bridgehead atoms. The van der Waals surface area contributed by atoms with Gasteiger partial charge in [0.15, 0.2) is 0 Å². The number of nitrogens with one attached hydrogen (secondary N) is 2. The summed E-state index contributed by atoms with van der Waals surface area (Å²) in [6.45, 7) is 7.57. The molecule has 1 aliphatic rings. The lowest BCUT2D eigenvalue weighted by molar-refractivity contribution is -0.124. The van der Waals surface area contributed by atoms with E-state index >= 15 is 0 Å². The van der Waals surface area contributed by atoms with Crippen molar-refractivity contribution < 1.29 is 4.79 Å². The Morgan fingerprint density at radius 2 is 2.20 bits per heavy atom. The largest absolute Gasteiger partial charge is 0.354 e. The Morgan fingerprint density at radius 3 is 2.67 bits per heavy atom. The number of hydrogen-bond acceptors (Lipinski definition) is 2. The summed E-state index contributed by atoms with van der Waals surface area (Å²) in [5, 5.41) is 10.6. The average Bonchev–Trinajstić information content (AvgIpc) is 2.59. The lowest BCUT2D eigenvalue weighted by Gasteiger charge is -2.25. The van der Waals surface area contributed by atoms with Crippen LogP contribution >= 0.6 is 0 Å². The van der Waals surface area contributed by atoms with Crippen molar-refractivity contribution in [3.63, 3.8) is 0 Å². The number of carbonyl (C=O) groups is 1. The van der Waals surface area contributed by atoms with E-state index in [1.54, 1.807) is 0 Å². The third kappa shape index (κ3) is 3.22. The zero-order chi connectivity index (χ0) is 11.4. The van der Waals surface area contributed by atoms with Crippen LogP contribution in [0.25, 0.3) is 0 Å². The first-order valence-electron chi connectivity index (χ1n) is 5.64. The number of amidine groups is 1. The van der Waals surface area contributed by atoms with E-state index in [1.807, 2.05) is 11.8 Å². The first kappa shape index (κ1) is 12.0. The third-order valence-electron chi connectivity index (χ3n) is 2.69. The van der Waals surface area contributed by atoms with Gasteiger partial charge in [0.25, 0.3) is 0 Å². The van der Waals surface area contributed by atoms with Gasteiger partial charge in [0.05, 0.1) is 5.84 Å². The van der Waals surface area contributed by atoms with Gasteiger partial charge in [0.2, 0.25) is 5.91 Å². The van der Waals surface area contributed by atoms with Crippen molar-refractivity contribution in [1.29, 1.82) is 5.41 Å². The number of likely N-dealkylation sites (tertiary alicyclic amines) is 1. The highest BCUT2D eigenvalue weighted by atomic mass is 16.2. The monoisotopic (exact) mass is 211 g/mol. The Balaban J connectivity index is 2.41. The highest BCUT2D eigenvalue weighted by Crippen LogP contribution is 2.13. The highest BCUT2D eigenvalue weighted by Gasteiger charge is 2.26. The summed E-state index contributed by atoms with van der Waals surface area (Å²) >= 11 is 0. The van der Waals surface area contributed by atoms with Crippen molar-refractivity contribution in [3.05, 3.63) is 0 Å². The van der Waals surface area contributed by atoms with Gasteiger partial charge in [0.1, 0.15) is 6.04 Å². The Labute approximate surface area is 91.5 Å². The zero-order valence-electron chi connectivity index (χ0n) is 9.84. The molecule has 86 valence electrons. The van der Waals surface area contributed by atoms with Crippen molar-refractivity contribution in [2.24, 2.45) is 5.92 Å². The normalized spacial score (nSPS) is 18.4. The number of hydrogen-bond donors (Lipinski definition) is 2. The summed E-state index contributed by atoms with van der Waals surface area (Å²) in [5.74, 6) is 1.11. The smallest absolute Gasteiger partial charge is 0.242 e. The fourth-order valence-corrected chi connectivity index (χ4v) is 1.72. The van der Waals surface area contributed by atoms with Crippen LogP contribution in [0.3, 0.4) is 0 Å². The Bertz CT molecular complexity index is 250. The molecule has 1 aliphatic heterocycles. The second kappa shape index (κ2) is 5.14. The summed E-state index contributed by atoms with van der Waals surface area (Å²) in [5.41, 5.74) is 0. The van der Waals surface area contributed by atoms with Crippen LogP contribution in [0.5, 0.6) is 0 Å². The molecule has 1 atom stereocenters. The van der Waals surface area contributed by atoms with Crippen molar-refractivity contribution >= 4 is 11.7 Å². The van der Waals surface area contributed by atoms with Crippen LogP contribution in [0.2, 0.25) is 0 Å². The van der Waals surface area contributed by atoms with Crippen molar-refractivity contribution in [2.45, 2.75) is 39.7 Å². The first-order chi connectivity index (χ1) is 7.02. The van der Waals surface area contributed by atoms with Crippen LogP contribution in [-0.4, -0.2) is 35.8 Å². The molecule has 1 saturated heterocycles. The number of rotatable bonds is 4. The van der Waals surface area contributed by atoms with Crippen molar-refractivity contribution in [2.75, 3.05) is 13.1 Å². The molecule has 0 spiro atoms. The van der Waals surface area contributed by atoms with Crippen molar-refractivity contribution in [3.8, 4) is 0 Å². The fraction of sp³-hybridized carbons (Fsp3) is 0.818. The highest BCUT2D eigenvalue weighted by molar-refractivity contribution is 5.89. The van der Waals surface area contributed by atoms with Crippen LogP contribution in [0.15, 0.2) is 0 Å². The lowest BCUT2D eigenvalue weighted by atomic mass is 10.2. The SMILES string of the molecule is CC(C)CNC(=O)C(C)N1CCCC1=N. The Kier molecular flexibility index (Phi) is 4.12. The Hall–Kier alpha value is -1.06. The molecule has 1 fully saturated rings. The zero-order valence-corrected chi connectivity index (χ0v) is 9.84. The quantitative estimate of drug-likeness (QED) is 0.734. The molecule has 1 rings (SSSR count). The van der Waals surface area contributed by atoms with Gasteiger partial charge in [-0.1, -0.05) is 13.8 Å². The number of carbonyl (C=O) groups excluding carboxylic acids is 1. The summed E-state index contributed by atoms with van der Waals surface area (Å²) in [6, 6.07) is -0.196. The van der Waals surface area contributed by atoms with Gasteiger partial charge in [-0.3, -0.25) is 10.2 Å². The predicted octanol–water partition coefficient (Wildman–Crippen LogP) is 1.22. The predicted molar refractivity (Wildman–Crippen MR) is 61.0 cm³/mol. The van der Waals surface area contributed by atoms with E-state index in [0.717, 1.165) is 19.4 Å². The van der Waals surface area contributed by atoms with Crippen LogP contribution < -0.4 is 5.32 Å². The van der Waals surface area contributed by atoms with E-state index in [1.165, 1.54) is 0 Å². The topological polar surface area (TPSA) is 56.2 Å². The van der Waals surface area contributed by atoms with Gasteiger partial charge in [-0.15, -0.1) is 0 Å². The van der Waals surface area contributed by atoms with Gasteiger partial charge in [-0.2, -0.15) is 0 Å². The molecule has 1 unspecified atom stereocenters. The molecule has 2 N–H and O–H groups in total. The van der Waals surface area contributed by atoms with Gasteiger partial charge >= 0.3 is 0 Å². The minimum atomic E-state index is -0.196.